The summed E-state index contributed by atoms with van der Waals surface area (Å²) < 4.78 is 18.0. The van der Waals surface area contributed by atoms with Gasteiger partial charge in [-0.1, -0.05) is 12.1 Å². The quantitative estimate of drug-likeness (QED) is 0.471. The van der Waals surface area contributed by atoms with Gasteiger partial charge in [-0.2, -0.15) is 5.26 Å². The van der Waals surface area contributed by atoms with Crippen molar-refractivity contribution >= 4 is 29.3 Å². The van der Waals surface area contributed by atoms with Gasteiger partial charge in [-0.05, 0) is 55.0 Å². The molecule has 6 nitrogen and oxygen atoms in total. The number of hydrogen-bond donors (Lipinski definition) is 1. The van der Waals surface area contributed by atoms with E-state index >= 15 is 0 Å². The van der Waals surface area contributed by atoms with Gasteiger partial charge >= 0.3 is 5.97 Å². The number of carbonyl (C=O) groups excluding carboxylic acids is 2. The number of rotatable bonds is 6. The average molecular weight is 381 g/mol. The number of benzene rings is 2. The predicted molar refractivity (Wildman–Crippen MR) is 105 cm³/mol. The van der Waals surface area contributed by atoms with Crippen LogP contribution >= 0.6 is 0 Å². The lowest BCUT2D eigenvalue weighted by molar-refractivity contribution is -0.148. The van der Waals surface area contributed by atoms with Crippen LogP contribution in [0.4, 0.5) is 15.8 Å². The first-order valence-electron chi connectivity index (χ1n) is 8.46. The number of carbonyl (C=O) groups is 2. The molecule has 0 radical (unpaired) electrons. The van der Waals surface area contributed by atoms with Gasteiger partial charge in [0.15, 0.2) is 6.10 Å². The molecule has 2 aromatic carbocycles. The molecule has 0 saturated heterocycles. The zero-order valence-corrected chi connectivity index (χ0v) is 15.8. The van der Waals surface area contributed by atoms with Crippen molar-refractivity contribution in [3.63, 3.8) is 0 Å². The highest BCUT2D eigenvalue weighted by atomic mass is 19.1. The van der Waals surface area contributed by atoms with Crippen molar-refractivity contribution in [2.45, 2.75) is 13.0 Å². The fourth-order valence-electron chi connectivity index (χ4n) is 2.23. The van der Waals surface area contributed by atoms with Crippen LogP contribution in [0.1, 0.15) is 12.5 Å². The van der Waals surface area contributed by atoms with Gasteiger partial charge in [0, 0.05) is 25.5 Å². The van der Waals surface area contributed by atoms with Gasteiger partial charge in [0.25, 0.3) is 5.91 Å². The molecular formula is C21H20FN3O3. The zero-order valence-electron chi connectivity index (χ0n) is 15.8. The standard InChI is InChI=1S/C21H20FN3O3/c1-14(20(26)24-18-8-6-17(22)7-9-18)28-21(27)16(13-23)12-15-4-10-19(11-5-15)25(2)3/h4-12,14H,1-3H3,(H,24,26)/b16-12+/t14-/m1/s1. The maximum Gasteiger partial charge on any atom is 0.349 e. The lowest BCUT2D eigenvalue weighted by Crippen LogP contribution is -2.30. The highest BCUT2D eigenvalue weighted by Crippen LogP contribution is 2.16. The van der Waals surface area contributed by atoms with Crippen LogP contribution in [0, 0.1) is 17.1 Å². The van der Waals surface area contributed by atoms with Crippen LogP contribution < -0.4 is 10.2 Å². The van der Waals surface area contributed by atoms with Crippen LogP contribution in [0.15, 0.2) is 54.1 Å². The van der Waals surface area contributed by atoms with Gasteiger partial charge < -0.3 is 15.0 Å². The summed E-state index contributed by atoms with van der Waals surface area (Å²) in [6.45, 7) is 1.39. The van der Waals surface area contributed by atoms with Crippen LogP contribution in [0.25, 0.3) is 6.08 Å². The molecule has 0 bridgehead atoms. The van der Waals surface area contributed by atoms with E-state index in [0.717, 1.165) is 5.69 Å². The molecule has 1 amide bonds. The molecule has 28 heavy (non-hydrogen) atoms. The van der Waals surface area contributed by atoms with Gasteiger partial charge in [0.05, 0.1) is 0 Å². The molecule has 0 saturated carbocycles. The zero-order chi connectivity index (χ0) is 20.7. The second kappa shape index (κ2) is 9.33. The number of amides is 1. The van der Waals surface area contributed by atoms with Crippen LogP contribution in [0.3, 0.4) is 0 Å². The number of esters is 1. The molecule has 0 spiro atoms. The normalized spacial score (nSPS) is 11.9. The van der Waals surface area contributed by atoms with E-state index in [9.17, 15) is 19.2 Å². The van der Waals surface area contributed by atoms with E-state index < -0.39 is 23.8 Å². The number of anilines is 2. The van der Waals surface area contributed by atoms with E-state index in [-0.39, 0.29) is 5.57 Å². The molecule has 0 heterocycles. The summed E-state index contributed by atoms with van der Waals surface area (Å²) in [4.78, 5) is 26.3. The minimum Gasteiger partial charge on any atom is -0.448 e. The average Bonchev–Trinajstić information content (AvgIpc) is 2.68. The minimum atomic E-state index is -1.13. The molecule has 0 aliphatic carbocycles. The SMILES string of the molecule is C[C@@H](OC(=O)/C(C#N)=C/c1ccc(N(C)C)cc1)C(=O)Nc1ccc(F)cc1. The Morgan fingerprint density at radius 1 is 1.14 bits per heavy atom. The highest BCUT2D eigenvalue weighted by Gasteiger charge is 2.20. The summed E-state index contributed by atoms with van der Waals surface area (Å²) in [5.41, 5.74) is 1.78. The summed E-state index contributed by atoms with van der Waals surface area (Å²) in [6.07, 6.45) is 0.261. The molecular weight excluding hydrogens is 361 g/mol. The second-order valence-corrected chi connectivity index (χ2v) is 6.20. The van der Waals surface area contributed by atoms with E-state index in [1.54, 1.807) is 18.2 Å². The van der Waals surface area contributed by atoms with E-state index in [0.29, 0.717) is 11.3 Å². The molecule has 1 N–H and O–H groups in total. The van der Waals surface area contributed by atoms with Gasteiger partial charge in [-0.15, -0.1) is 0 Å². The number of nitriles is 1. The minimum absolute atomic E-state index is 0.223. The molecule has 1 atom stereocenters. The number of hydrogen-bond acceptors (Lipinski definition) is 5. The summed E-state index contributed by atoms with van der Waals surface area (Å²) >= 11 is 0. The summed E-state index contributed by atoms with van der Waals surface area (Å²) in [6, 6.07) is 14.2. The second-order valence-electron chi connectivity index (χ2n) is 6.20. The van der Waals surface area contributed by atoms with Crippen molar-refractivity contribution in [3.8, 4) is 6.07 Å². The Labute approximate surface area is 162 Å². The van der Waals surface area contributed by atoms with Gasteiger partial charge in [0.1, 0.15) is 17.5 Å². The highest BCUT2D eigenvalue weighted by molar-refractivity contribution is 6.01. The summed E-state index contributed by atoms with van der Waals surface area (Å²) in [5.74, 6) is -1.92. The molecule has 0 fully saturated rings. The molecule has 0 aliphatic rings. The molecule has 0 aromatic heterocycles. The van der Waals surface area contributed by atoms with E-state index in [2.05, 4.69) is 5.32 Å². The Morgan fingerprint density at radius 3 is 2.29 bits per heavy atom. The van der Waals surface area contributed by atoms with E-state index in [1.165, 1.54) is 37.3 Å². The monoisotopic (exact) mass is 381 g/mol. The Bertz CT molecular complexity index is 913. The van der Waals surface area contributed by atoms with Crippen LogP contribution in [-0.2, 0) is 14.3 Å². The van der Waals surface area contributed by atoms with Crippen molar-refractivity contribution in [1.29, 1.82) is 5.26 Å². The smallest absolute Gasteiger partial charge is 0.349 e. The van der Waals surface area contributed by atoms with Crippen molar-refractivity contribution in [3.05, 3.63) is 65.5 Å². The molecule has 0 aliphatic heterocycles. The fraction of sp³-hybridized carbons (Fsp3) is 0.190. The predicted octanol–water partition coefficient (Wildman–Crippen LogP) is 3.37. The number of ether oxygens (including phenoxy) is 1. The van der Waals surface area contributed by atoms with Crippen molar-refractivity contribution < 1.29 is 18.7 Å². The lowest BCUT2D eigenvalue weighted by atomic mass is 10.1. The molecule has 7 heteroatoms. The number of halogens is 1. The maximum absolute atomic E-state index is 12.9. The van der Waals surface area contributed by atoms with Gasteiger partial charge in [-0.3, -0.25) is 4.79 Å². The van der Waals surface area contributed by atoms with Crippen molar-refractivity contribution in [2.75, 3.05) is 24.3 Å². The Balaban J connectivity index is 2.02. The lowest BCUT2D eigenvalue weighted by Gasteiger charge is -2.13. The fourth-order valence-corrected chi connectivity index (χ4v) is 2.23. The van der Waals surface area contributed by atoms with Crippen molar-refractivity contribution in [1.82, 2.24) is 0 Å². The van der Waals surface area contributed by atoms with Gasteiger partial charge in [0.2, 0.25) is 0 Å². The Hall–Kier alpha value is -3.66. The van der Waals surface area contributed by atoms with Gasteiger partial charge in [-0.25, -0.2) is 9.18 Å². The first kappa shape index (κ1) is 20.6. The largest absolute Gasteiger partial charge is 0.448 e. The topological polar surface area (TPSA) is 82.4 Å². The van der Waals surface area contributed by atoms with Crippen LogP contribution in [0.5, 0.6) is 0 Å². The number of nitrogens with one attached hydrogen (secondary N) is 1. The maximum atomic E-state index is 12.9. The molecule has 144 valence electrons. The van der Waals surface area contributed by atoms with Crippen molar-refractivity contribution in [2.24, 2.45) is 0 Å². The molecule has 0 unspecified atom stereocenters. The Kier molecular flexibility index (Phi) is 6.88. The van der Waals surface area contributed by atoms with Crippen LogP contribution in [-0.4, -0.2) is 32.1 Å². The third kappa shape index (κ3) is 5.68. The van der Waals surface area contributed by atoms with Crippen LogP contribution in [0.2, 0.25) is 0 Å². The first-order chi connectivity index (χ1) is 13.3. The third-order valence-electron chi connectivity index (χ3n) is 3.83. The first-order valence-corrected chi connectivity index (χ1v) is 8.46. The Morgan fingerprint density at radius 2 is 1.75 bits per heavy atom. The molecule has 2 rings (SSSR count). The number of nitrogens with zero attached hydrogens (tertiary/aromatic N) is 2. The third-order valence-corrected chi connectivity index (χ3v) is 3.83. The van der Waals surface area contributed by atoms with E-state index in [1.807, 2.05) is 31.1 Å². The van der Waals surface area contributed by atoms with E-state index in [4.69, 9.17) is 4.74 Å². The molecule has 2 aromatic rings. The summed E-state index contributed by atoms with van der Waals surface area (Å²) in [5, 5.41) is 11.8. The summed E-state index contributed by atoms with van der Waals surface area (Å²) in [7, 11) is 3.81.